The molecule has 0 aromatic carbocycles. The highest BCUT2D eigenvalue weighted by Gasteiger charge is 1.94. The first-order valence-corrected chi connectivity index (χ1v) is 4.24. The molecule has 2 heterocycles. The van der Waals surface area contributed by atoms with E-state index < -0.39 is 0 Å². The second-order valence-electron chi connectivity index (χ2n) is 2.79. The van der Waals surface area contributed by atoms with E-state index in [1.54, 1.807) is 6.20 Å². The Hall–Kier alpha value is -1.70. The lowest BCUT2D eigenvalue weighted by atomic mass is 10.2. The van der Waals surface area contributed by atoms with Crippen molar-refractivity contribution in [1.82, 2.24) is 9.97 Å². The number of hydrogen-bond donors (Lipinski definition) is 0. The van der Waals surface area contributed by atoms with Crippen LogP contribution in [0.4, 0.5) is 0 Å². The van der Waals surface area contributed by atoms with Crippen molar-refractivity contribution in [3.8, 4) is 0 Å². The Labute approximate surface area is 77.0 Å². The largest absolute Gasteiger partial charge is 0.237 e. The number of nitrogens with zero attached hydrogens (tertiary/aromatic N) is 2. The SMILES string of the molecule is CC=Cc1ccc2cccnc2n1. The van der Waals surface area contributed by atoms with E-state index in [1.807, 2.05) is 43.3 Å². The number of aromatic nitrogens is 2. The van der Waals surface area contributed by atoms with Crippen LogP contribution in [0.1, 0.15) is 12.6 Å². The van der Waals surface area contributed by atoms with Gasteiger partial charge < -0.3 is 0 Å². The quantitative estimate of drug-likeness (QED) is 0.657. The van der Waals surface area contributed by atoms with Crippen LogP contribution in [-0.4, -0.2) is 9.97 Å². The Kier molecular flexibility index (Phi) is 2.04. The Morgan fingerprint density at radius 3 is 3.00 bits per heavy atom. The molecular formula is C11H10N2. The van der Waals surface area contributed by atoms with Crippen molar-refractivity contribution in [2.24, 2.45) is 0 Å². The Bertz CT molecular complexity index is 447. The van der Waals surface area contributed by atoms with Crippen molar-refractivity contribution in [2.45, 2.75) is 6.92 Å². The molecule has 64 valence electrons. The van der Waals surface area contributed by atoms with Crippen LogP contribution >= 0.6 is 0 Å². The molecule has 0 N–H and O–H groups in total. The molecular weight excluding hydrogens is 160 g/mol. The first-order valence-electron chi connectivity index (χ1n) is 4.24. The van der Waals surface area contributed by atoms with Gasteiger partial charge in [-0.2, -0.15) is 0 Å². The van der Waals surface area contributed by atoms with E-state index in [1.165, 1.54) is 0 Å². The van der Waals surface area contributed by atoms with E-state index in [2.05, 4.69) is 9.97 Å². The first-order chi connectivity index (χ1) is 6.40. The second kappa shape index (κ2) is 3.35. The molecule has 0 saturated heterocycles. The van der Waals surface area contributed by atoms with Crippen molar-refractivity contribution in [1.29, 1.82) is 0 Å². The number of pyridine rings is 2. The van der Waals surface area contributed by atoms with Crippen LogP contribution in [-0.2, 0) is 0 Å². The molecule has 0 aliphatic rings. The lowest BCUT2D eigenvalue weighted by Crippen LogP contribution is -1.85. The lowest BCUT2D eigenvalue weighted by Gasteiger charge is -1.96. The third-order valence-electron chi connectivity index (χ3n) is 1.82. The highest BCUT2D eigenvalue weighted by Crippen LogP contribution is 2.09. The summed E-state index contributed by atoms with van der Waals surface area (Å²) in [5.74, 6) is 0. The molecule has 2 heteroatoms. The number of hydrogen-bond acceptors (Lipinski definition) is 2. The molecule has 0 saturated carbocycles. The molecule has 2 nitrogen and oxygen atoms in total. The highest BCUT2D eigenvalue weighted by atomic mass is 14.8. The Balaban J connectivity index is 2.62. The molecule has 0 bridgehead atoms. The standard InChI is InChI=1S/C11H10N2/c1-2-4-10-7-6-9-5-3-8-12-11(9)13-10/h2-8H,1H3. The molecule has 0 aliphatic heterocycles. The van der Waals surface area contributed by atoms with Crippen LogP contribution in [0.15, 0.2) is 36.5 Å². The van der Waals surface area contributed by atoms with E-state index >= 15 is 0 Å². The van der Waals surface area contributed by atoms with E-state index in [0.29, 0.717) is 0 Å². The van der Waals surface area contributed by atoms with Gasteiger partial charge in [-0.1, -0.05) is 6.08 Å². The summed E-state index contributed by atoms with van der Waals surface area (Å²) >= 11 is 0. The number of allylic oxidation sites excluding steroid dienone is 1. The van der Waals surface area contributed by atoms with Gasteiger partial charge in [0.25, 0.3) is 0 Å². The van der Waals surface area contributed by atoms with E-state index in [4.69, 9.17) is 0 Å². The van der Waals surface area contributed by atoms with Gasteiger partial charge in [0.1, 0.15) is 0 Å². The van der Waals surface area contributed by atoms with Gasteiger partial charge in [0.15, 0.2) is 5.65 Å². The third kappa shape index (κ3) is 1.56. The zero-order valence-electron chi connectivity index (χ0n) is 7.44. The minimum absolute atomic E-state index is 0.804. The van der Waals surface area contributed by atoms with E-state index in [-0.39, 0.29) is 0 Å². The van der Waals surface area contributed by atoms with Crippen LogP contribution < -0.4 is 0 Å². The summed E-state index contributed by atoms with van der Waals surface area (Å²) in [6.45, 7) is 1.98. The summed E-state index contributed by atoms with van der Waals surface area (Å²) < 4.78 is 0. The molecule has 13 heavy (non-hydrogen) atoms. The smallest absolute Gasteiger partial charge is 0.159 e. The predicted molar refractivity (Wildman–Crippen MR) is 54.2 cm³/mol. The van der Waals surface area contributed by atoms with Crippen molar-refractivity contribution >= 4 is 17.1 Å². The summed E-state index contributed by atoms with van der Waals surface area (Å²) in [4.78, 5) is 8.55. The molecule has 2 aromatic heterocycles. The van der Waals surface area contributed by atoms with Gasteiger partial charge in [-0.25, -0.2) is 9.97 Å². The van der Waals surface area contributed by atoms with Gasteiger partial charge in [0, 0.05) is 11.6 Å². The summed E-state index contributed by atoms with van der Waals surface area (Å²) in [5.41, 5.74) is 1.76. The maximum absolute atomic E-state index is 4.37. The van der Waals surface area contributed by atoms with Crippen molar-refractivity contribution in [2.75, 3.05) is 0 Å². The summed E-state index contributed by atoms with van der Waals surface area (Å²) in [6.07, 6.45) is 5.69. The van der Waals surface area contributed by atoms with E-state index in [0.717, 1.165) is 16.7 Å². The lowest BCUT2D eigenvalue weighted by molar-refractivity contribution is 1.27. The maximum atomic E-state index is 4.37. The summed E-state index contributed by atoms with van der Waals surface area (Å²) in [6, 6.07) is 7.95. The highest BCUT2D eigenvalue weighted by molar-refractivity contribution is 5.75. The van der Waals surface area contributed by atoms with Crippen LogP contribution in [0.3, 0.4) is 0 Å². The third-order valence-corrected chi connectivity index (χ3v) is 1.82. The average Bonchev–Trinajstić information content (AvgIpc) is 2.18. The minimum atomic E-state index is 0.804. The predicted octanol–water partition coefficient (Wildman–Crippen LogP) is 2.66. The first kappa shape index (κ1) is 7.92. The second-order valence-corrected chi connectivity index (χ2v) is 2.79. The molecule has 2 aromatic rings. The van der Waals surface area contributed by atoms with Crippen LogP contribution in [0.25, 0.3) is 17.1 Å². The molecule has 0 amide bonds. The minimum Gasteiger partial charge on any atom is -0.237 e. The maximum Gasteiger partial charge on any atom is 0.159 e. The van der Waals surface area contributed by atoms with Crippen molar-refractivity contribution in [3.63, 3.8) is 0 Å². The number of rotatable bonds is 1. The van der Waals surface area contributed by atoms with Crippen LogP contribution in [0.5, 0.6) is 0 Å². The average molecular weight is 170 g/mol. The molecule has 0 fully saturated rings. The Morgan fingerprint density at radius 1 is 1.23 bits per heavy atom. The fraction of sp³-hybridized carbons (Fsp3) is 0.0909. The zero-order valence-corrected chi connectivity index (χ0v) is 7.44. The fourth-order valence-corrected chi connectivity index (χ4v) is 1.23. The zero-order chi connectivity index (χ0) is 9.10. The van der Waals surface area contributed by atoms with Crippen molar-refractivity contribution < 1.29 is 0 Å². The van der Waals surface area contributed by atoms with Crippen molar-refractivity contribution in [3.05, 3.63) is 42.2 Å². The molecule has 0 aliphatic carbocycles. The topological polar surface area (TPSA) is 25.8 Å². The van der Waals surface area contributed by atoms with Gasteiger partial charge in [0.05, 0.1) is 5.69 Å². The molecule has 0 radical (unpaired) electrons. The summed E-state index contributed by atoms with van der Waals surface area (Å²) in [7, 11) is 0. The Morgan fingerprint density at radius 2 is 2.15 bits per heavy atom. The molecule has 0 spiro atoms. The number of fused-ring (bicyclic) bond motifs is 1. The monoisotopic (exact) mass is 170 g/mol. The van der Waals surface area contributed by atoms with Gasteiger partial charge in [0.2, 0.25) is 0 Å². The van der Waals surface area contributed by atoms with Gasteiger partial charge >= 0.3 is 0 Å². The summed E-state index contributed by atoms with van der Waals surface area (Å²) in [5, 5.41) is 1.08. The normalized spacial score (nSPS) is 11.2. The fourth-order valence-electron chi connectivity index (χ4n) is 1.23. The molecule has 0 atom stereocenters. The van der Waals surface area contributed by atoms with Crippen LogP contribution in [0.2, 0.25) is 0 Å². The van der Waals surface area contributed by atoms with Gasteiger partial charge in [-0.3, -0.25) is 0 Å². The molecule has 2 rings (SSSR count). The van der Waals surface area contributed by atoms with Gasteiger partial charge in [-0.05, 0) is 37.3 Å². The van der Waals surface area contributed by atoms with E-state index in [9.17, 15) is 0 Å². The molecule has 0 unspecified atom stereocenters. The van der Waals surface area contributed by atoms with Gasteiger partial charge in [-0.15, -0.1) is 0 Å². The van der Waals surface area contributed by atoms with Crippen LogP contribution in [0, 0.1) is 0 Å².